The van der Waals surface area contributed by atoms with Crippen LogP contribution in [-0.2, 0) is 0 Å². The number of hydrogen-bond donors (Lipinski definition) is 0. The molecule has 0 bridgehead atoms. The van der Waals surface area contributed by atoms with Gasteiger partial charge in [0, 0.05) is 47.8 Å². The van der Waals surface area contributed by atoms with Gasteiger partial charge < -0.3 is 4.42 Å². The van der Waals surface area contributed by atoms with Crippen LogP contribution < -0.4 is 0 Å². The number of fused-ring (bicyclic) bond motifs is 8. The van der Waals surface area contributed by atoms with Crippen LogP contribution in [0.25, 0.3) is 70.3 Å². The standard InChI is InChI=1S/C43H27N3OS/c1-3-13-27(14-4-1)41-44-42(28-15-5-2-6-16-28)46-43(45-41)34-25-24-31(39-38(34)32-18-9-10-20-35(32)47-39)30-19-11-21-36-37(30)33-23-22-26-12-7-8-17-29(26)40(33)48-36/h1-24,34H,25H2. The Morgan fingerprint density at radius 1 is 0.583 bits per heavy atom. The molecular weight excluding hydrogens is 607 g/mol. The fourth-order valence-electron chi connectivity index (χ4n) is 7.28. The summed E-state index contributed by atoms with van der Waals surface area (Å²) in [6.07, 6.45) is 3.07. The Labute approximate surface area is 280 Å². The lowest BCUT2D eigenvalue weighted by atomic mass is 9.82. The molecular formula is C43H27N3OS. The molecule has 226 valence electrons. The molecule has 0 saturated carbocycles. The van der Waals surface area contributed by atoms with Gasteiger partial charge in [0.2, 0.25) is 0 Å². The molecule has 0 radical (unpaired) electrons. The fourth-order valence-corrected chi connectivity index (χ4v) is 8.55. The first-order valence-electron chi connectivity index (χ1n) is 16.2. The molecule has 10 rings (SSSR count). The average Bonchev–Trinajstić information content (AvgIpc) is 3.75. The third-order valence-electron chi connectivity index (χ3n) is 9.49. The topological polar surface area (TPSA) is 51.8 Å². The number of allylic oxidation sites excluding steroid dienone is 1. The molecule has 3 aromatic heterocycles. The highest BCUT2D eigenvalue weighted by Gasteiger charge is 2.33. The van der Waals surface area contributed by atoms with Gasteiger partial charge in [-0.3, -0.25) is 0 Å². The van der Waals surface area contributed by atoms with Crippen molar-refractivity contribution in [1.82, 2.24) is 15.0 Å². The highest BCUT2D eigenvalue weighted by molar-refractivity contribution is 7.26. The van der Waals surface area contributed by atoms with Gasteiger partial charge in [-0.15, -0.1) is 11.3 Å². The van der Waals surface area contributed by atoms with E-state index in [4.69, 9.17) is 19.4 Å². The Morgan fingerprint density at radius 2 is 1.27 bits per heavy atom. The van der Waals surface area contributed by atoms with E-state index in [1.807, 2.05) is 53.8 Å². The molecule has 1 atom stereocenters. The van der Waals surface area contributed by atoms with Crippen molar-refractivity contribution in [2.45, 2.75) is 12.3 Å². The predicted molar refractivity (Wildman–Crippen MR) is 197 cm³/mol. The zero-order valence-corrected chi connectivity index (χ0v) is 26.6. The first-order chi connectivity index (χ1) is 23.8. The first-order valence-corrected chi connectivity index (χ1v) is 17.0. The van der Waals surface area contributed by atoms with Crippen molar-refractivity contribution < 1.29 is 4.42 Å². The van der Waals surface area contributed by atoms with Crippen LogP contribution in [0.4, 0.5) is 0 Å². The summed E-state index contributed by atoms with van der Waals surface area (Å²) < 4.78 is 9.41. The van der Waals surface area contributed by atoms with E-state index in [2.05, 4.69) is 103 Å². The molecule has 0 spiro atoms. The van der Waals surface area contributed by atoms with Gasteiger partial charge in [-0.05, 0) is 34.9 Å². The van der Waals surface area contributed by atoms with E-state index in [1.54, 1.807) is 0 Å². The number of benzene rings is 6. The molecule has 1 unspecified atom stereocenters. The summed E-state index contributed by atoms with van der Waals surface area (Å²) in [4.78, 5) is 15.3. The van der Waals surface area contributed by atoms with E-state index in [0.717, 1.165) is 51.2 Å². The minimum absolute atomic E-state index is 0.109. The summed E-state index contributed by atoms with van der Waals surface area (Å²) in [5, 5.41) is 6.21. The predicted octanol–water partition coefficient (Wildman–Crippen LogP) is 11.4. The number of para-hydroxylation sites is 1. The van der Waals surface area contributed by atoms with Crippen molar-refractivity contribution in [2.75, 3.05) is 0 Å². The molecule has 4 nitrogen and oxygen atoms in total. The van der Waals surface area contributed by atoms with E-state index >= 15 is 0 Å². The second kappa shape index (κ2) is 10.8. The van der Waals surface area contributed by atoms with Crippen molar-refractivity contribution in [3.05, 3.63) is 168 Å². The van der Waals surface area contributed by atoms with Crippen LogP contribution in [0.3, 0.4) is 0 Å². The summed E-state index contributed by atoms with van der Waals surface area (Å²) in [6, 6.07) is 48.6. The second-order valence-corrected chi connectivity index (χ2v) is 13.3. The van der Waals surface area contributed by atoms with E-state index in [9.17, 15) is 0 Å². The molecule has 9 aromatic rings. The minimum atomic E-state index is -0.109. The molecule has 0 N–H and O–H groups in total. The van der Waals surface area contributed by atoms with Crippen molar-refractivity contribution in [1.29, 1.82) is 0 Å². The summed E-state index contributed by atoms with van der Waals surface area (Å²) in [5.41, 5.74) is 6.25. The maximum Gasteiger partial charge on any atom is 0.163 e. The number of thiophene rings is 1. The average molecular weight is 634 g/mol. The van der Waals surface area contributed by atoms with Crippen LogP contribution in [0.1, 0.15) is 35.1 Å². The molecule has 1 aliphatic carbocycles. The number of rotatable bonds is 4. The molecule has 48 heavy (non-hydrogen) atoms. The van der Waals surface area contributed by atoms with Gasteiger partial charge in [-0.1, -0.05) is 133 Å². The summed E-state index contributed by atoms with van der Waals surface area (Å²) in [7, 11) is 0. The van der Waals surface area contributed by atoms with Crippen molar-refractivity contribution in [2.24, 2.45) is 0 Å². The van der Waals surface area contributed by atoms with Gasteiger partial charge in [0.1, 0.15) is 17.2 Å². The third kappa shape index (κ3) is 4.25. The van der Waals surface area contributed by atoms with Crippen LogP contribution in [0.5, 0.6) is 0 Å². The van der Waals surface area contributed by atoms with E-state index in [0.29, 0.717) is 11.6 Å². The maximum absolute atomic E-state index is 6.81. The van der Waals surface area contributed by atoms with E-state index in [-0.39, 0.29) is 5.92 Å². The minimum Gasteiger partial charge on any atom is -0.456 e. The van der Waals surface area contributed by atoms with Crippen molar-refractivity contribution in [3.63, 3.8) is 0 Å². The maximum atomic E-state index is 6.81. The smallest absolute Gasteiger partial charge is 0.163 e. The number of hydrogen-bond acceptors (Lipinski definition) is 5. The molecule has 1 aliphatic rings. The molecule has 0 fully saturated rings. The Hall–Kier alpha value is -5.91. The largest absolute Gasteiger partial charge is 0.456 e. The summed E-state index contributed by atoms with van der Waals surface area (Å²) in [6.45, 7) is 0. The lowest BCUT2D eigenvalue weighted by molar-refractivity contribution is 0.581. The molecule has 0 saturated heterocycles. The normalized spacial score (nSPS) is 14.5. The Balaban J connectivity index is 1.20. The monoisotopic (exact) mass is 633 g/mol. The highest BCUT2D eigenvalue weighted by Crippen LogP contribution is 2.49. The summed E-state index contributed by atoms with van der Waals surface area (Å²) in [5.74, 6) is 2.87. The van der Waals surface area contributed by atoms with Crippen LogP contribution in [-0.4, -0.2) is 15.0 Å². The van der Waals surface area contributed by atoms with Gasteiger partial charge in [-0.2, -0.15) is 0 Å². The Morgan fingerprint density at radius 3 is 2.04 bits per heavy atom. The van der Waals surface area contributed by atoms with Crippen LogP contribution in [0, 0.1) is 0 Å². The Kier molecular flexibility index (Phi) is 6.14. The number of nitrogens with zero attached hydrogens (tertiary/aromatic N) is 3. The molecule has 6 aromatic carbocycles. The molecule has 0 amide bonds. The molecule has 0 aliphatic heterocycles. The fraction of sp³-hybridized carbons (Fsp3) is 0.0465. The van der Waals surface area contributed by atoms with E-state index < -0.39 is 0 Å². The Bertz CT molecular complexity index is 2650. The zero-order valence-electron chi connectivity index (χ0n) is 25.8. The number of furan rings is 1. The van der Waals surface area contributed by atoms with Gasteiger partial charge >= 0.3 is 0 Å². The lowest BCUT2D eigenvalue weighted by Gasteiger charge is -2.22. The van der Waals surface area contributed by atoms with Gasteiger partial charge in [0.15, 0.2) is 11.6 Å². The van der Waals surface area contributed by atoms with Gasteiger partial charge in [-0.25, -0.2) is 15.0 Å². The number of aromatic nitrogens is 3. The molecule has 5 heteroatoms. The third-order valence-corrected chi connectivity index (χ3v) is 10.7. The van der Waals surface area contributed by atoms with Gasteiger partial charge in [0.05, 0.1) is 5.92 Å². The summed E-state index contributed by atoms with van der Waals surface area (Å²) >= 11 is 1.87. The van der Waals surface area contributed by atoms with Crippen LogP contribution in [0.2, 0.25) is 0 Å². The first kappa shape index (κ1) is 27.2. The van der Waals surface area contributed by atoms with Crippen LogP contribution in [0.15, 0.2) is 150 Å². The highest BCUT2D eigenvalue weighted by atomic mass is 32.1. The SMILES string of the molecule is C1=C(c2cccc3sc4c5ccccc5ccc4c23)c2oc3ccccc3c2C(c2nc(-c3ccccc3)nc(-c3ccccc3)n2)C1. The van der Waals surface area contributed by atoms with E-state index in [1.165, 1.54) is 36.5 Å². The van der Waals surface area contributed by atoms with Crippen molar-refractivity contribution >= 4 is 58.8 Å². The van der Waals surface area contributed by atoms with Crippen molar-refractivity contribution in [3.8, 4) is 22.8 Å². The second-order valence-electron chi connectivity index (χ2n) is 12.3. The zero-order chi connectivity index (χ0) is 31.6. The quantitative estimate of drug-likeness (QED) is 0.193. The lowest BCUT2D eigenvalue weighted by Crippen LogP contribution is -2.13. The molecule has 3 heterocycles. The van der Waals surface area contributed by atoms with Crippen LogP contribution >= 0.6 is 11.3 Å². The van der Waals surface area contributed by atoms with Gasteiger partial charge in [0.25, 0.3) is 0 Å².